The van der Waals surface area contributed by atoms with Gasteiger partial charge in [-0.15, -0.1) is 0 Å². The fourth-order valence-corrected chi connectivity index (χ4v) is 1.95. The first kappa shape index (κ1) is 17.4. The number of nitrogens with one attached hydrogen (secondary N) is 2. The minimum Gasteiger partial charge on any atom is -0.497 e. The topological polar surface area (TPSA) is 67.4 Å². The molecule has 0 aliphatic rings. The van der Waals surface area contributed by atoms with Crippen LogP contribution in [0.2, 0.25) is 0 Å². The maximum atomic E-state index is 13.0. The fraction of sp³-hybridized carbons (Fsp3) is 0.176. The second-order valence-corrected chi connectivity index (χ2v) is 4.94. The first-order chi connectivity index (χ1) is 11.5. The lowest BCUT2D eigenvalue weighted by Crippen LogP contribution is -2.36. The Hall–Kier alpha value is -2.96. The molecule has 0 atom stereocenters. The first-order valence-electron chi connectivity index (χ1n) is 7.17. The Morgan fingerprint density at radius 1 is 1.00 bits per heavy atom. The minimum absolute atomic E-state index is 0.00389. The molecular formula is C17H16F2N2O3. The maximum absolute atomic E-state index is 13.0. The van der Waals surface area contributed by atoms with E-state index in [-0.39, 0.29) is 12.2 Å². The second-order valence-electron chi connectivity index (χ2n) is 4.94. The Kier molecular flexibility index (Phi) is 5.83. The molecule has 0 heterocycles. The van der Waals surface area contributed by atoms with E-state index in [4.69, 9.17) is 4.74 Å². The zero-order valence-corrected chi connectivity index (χ0v) is 12.9. The summed E-state index contributed by atoms with van der Waals surface area (Å²) in [4.78, 5) is 23.4. The van der Waals surface area contributed by atoms with Crippen molar-refractivity contribution in [3.8, 4) is 5.75 Å². The SMILES string of the molecule is COc1ccc(CCNC(=O)C(=O)Nc2ccc(F)c(F)c2)cc1. The normalized spacial score (nSPS) is 10.1. The predicted octanol–water partition coefficient (Wildman–Crippen LogP) is 2.27. The Morgan fingerprint density at radius 2 is 1.71 bits per heavy atom. The largest absolute Gasteiger partial charge is 0.497 e. The molecular weight excluding hydrogens is 318 g/mol. The molecule has 5 nitrogen and oxygen atoms in total. The smallest absolute Gasteiger partial charge is 0.313 e. The molecule has 7 heteroatoms. The van der Waals surface area contributed by atoms with Crippen molar-refractivity contribution in [2.75, 3.05) is 19.0 Å². The molecule has 24 heavy (non-hydrogen) atoms. The number of rotatable bonds is 5. The lowest BCUT2D eigenvalue weighted by Gasteiger charge is -2.07. The fourth-order valence-electron chi connectivity index (χ4n) is 1.95. The van der Waals surface area contributed by atoms with Crippen LogP contribution in [-0.4, -0.2) is 25.5 Å². The van der Waals surface area contributed by atoms with E-state index < -0.39 is 23.4 Å². The highest BCUT2D eigenvalue weighted by molar-refractivity contribution is 6.39. The van der Waals surface area contributed by atoms with Gasteiger partial charge in [-0.05, 0) is 36.2 Å². The summed E-state index contributed by atoms with van der Waals surface area (Å²) >= 11 is 0. The summed E-state index contributed by atoms with van der Waals surface area (Å²) < 4.78 is 30.9. The summed E-state index contributed by atoms with van der Waals surface area (Å²) in [6.07, 6.45) is 0.536. The van der Waals surface area contributed by atoms with Crippen LogP contribution in [0.4, 0.5) is 14.5 Å². The number of hydrogen-bond donors (Lipinski definition) is 2. The molecule has 0 fully saturated rings. The van der Waals surface area contributed by atoms with E-state index in [9.17, 15) is 18.4 Å². The van der Waals surface area contributed by atoms with E-state index in [0.29, 0.717) is 6.42 Å². The molecule has 2 aromatic rings. The summed E-state index contributed by atoms with van der Waals surface area (Å²) in [5.74, 6) is -3.21. The van der Waals surface area contributed by atoms with Gasteiger partial charge < -0.3 is 15.4 Å². The van der Waals surface area contributed by atoms with E-state index in [1.165, 1.54) is 6.07 Å². The van der Waals surface area contributed by atoms with Gasteiger partial charge in [0.25, 0.3) is 0 Å². The van der Waals surface area contributed by atoms with Gasteiger partial charge in [0.1, 0.15) is 5.75 Å². The van der Waals surface area contributed by atoms with Crippen LogP contribution in [-0.2, 0) is 16.0 Å². The van der Waals surface area contributed by atoms with Crippen LogP contribution in [0.1, 0.15) is 5.56 Å². The molecule has 0 aliphatic carbocycles. The standard InChI is InChI=1S/C17H16F2N2O3/c1-24-13-5-2-11(3-6-13)8-9-20-16(22)17(23)21-12-4-7-14(18)15(19)10-12/h2-7,10H,8-9H2,1H3,(H,20,22)(H,21,23). The lowest BCUT2D eigenvalue weighted by molar-refractivity contribution is -0.136. The Balaban J connectivity index is 1.80. The van der Waals surface area contributed by atoms with E-state index in [0.717, 1.165) is 23.4 Å². The molecule has 0 unspecified atom stereocenters. The van der Waals surface area contributed by atoms with Gasteiger partial charge in [0.15, 0.2) is 11.6 Å². The van der Waals surface area contributed by atoms with Crippen molar-refractivity contribution in [3.63, 3.8) is 0 Å². The quantitative estimate of drug-likeness (QED) is 0.825. The van der Waals surface area contributed by atoms with Crippen LogP contribution in [0.15, 0.2) is 42.5 Å². The molecule has 0 saturated heterocycles. The Bertz CT molecular complexity index is 733. The number of hydrogen-bond acceptors (Lipinski definition) is 3. The van der Waals surface area contributed by atoms with Crippen LogP contribution in [0.3, 0.4) is 0 Å². The molecule has 126 valence electrons. The number of amides is 2. The zero-order valence-electron chi connectivity index (χ0n) is 12.9. The van der Waals surface area contributed by atoms with Crippen LogP contribution in [0.5, 0.6) is 5.75 Å². The van der Waals surface area contributed by atoms with Crippen molar-refractivity contribution in [3.05, 3.63) is 59.7 Å². The third kappa shape index (κ3) is 4.77. The van der Waals surface area contributed by atoms with Crippen LogP contribution in [0.25, 0.3) is 0 Å². The number of carbonyl (C=O) groups excluding carboxylic acids is 2. The predicted molar refractivity (Wildman–Crippen MR) is 84.7 cm³/mol. The van der Waals surface area contributed by atoms with Crippen LogP contribution >= 0.6 is 0 Å². The second kappa shape index (κ2) is 8.05. The molecule has 0 aliphatic heterocycles. The Labute approximate surface area is 137 Å². The van der Waals surface area contributed by atoms with Gasteiger partial charge in [-0.25, -0.2) is 8.78 Å². The third-order valence-electron chi connectivity index (χ3n) is 3.24. The van der Waals surface area contributed by atoms with Gasteiger partial charge in [0.2, 0.25) is 0 Å². The molecule has 2 aromatic carbocycles. The molecule has 0 spiro atoms. The van der Waals surface area contributed by atoms with E-state index >= 15 is 0 Å². The van der Waals surface area contributed by atoms with Crippen molar-refractivity contribution in [2.45, 2.75) is 6.42 Å². The van der Waals surface area contributed by atoms with Crippen molar-refractivity contribution < 1.29 is 23.1 Å². The van der Waals surface area contributed by atoms with Gasteiger partial charge in [-0.1, -0.05) is 12.1 Å². The van der Waals surface area contributed by atoms with Gasteiger partial charge >= 0.3 is 11.8 Å². The number of ether oxygens (including phenoxy) is 1. The average molecular weight is 334 g/mol. The summed E-state index contributed by atoms with van der Waals surface area (Å²) in [6.45, 7) is 0.260. The minimum atomic E-state index is -1.10. The number of carbonyl (C=O) groups is 2. The van der Waals surface area contributed by atoms with Gasteiger partial charge in [0, 0.05) is 18.3 Å². The van der Waals surface area contributed by atoms with E-state index in [1.807, 2.05) is 12.1 Å². The number of halogens is 2. The molecule has 0 bridgehead atoms. The highest BCUT2D eigenvalue weighted by Crippen LogP contribution is 2.13. The van der Waals surface area contributed by atoms with Crippen molar-refractivity contribution in [1.29, 1.82) is 0 Å². The zero-order chi connectivity index (χ0) is 17.5. The third-order valence-corrected chi connectivity index (χ3v) is 3.24. The molecule has 0 saturated carbocycles. The molecule has 2 N–H and O–H groups in total. The van der Waals surface area contributed by atoms with Gasteiger partial charge in [0.05, 0.1) is 7.11 Å². The molecule has 2 rings (SSSR count). The summed E-state index contributed by atoms with van der Waals surface area (Å²) in [7, 11) is 1.57. The highest BCUT2D eigenvalue weighted by atomic mass is 19.2. The number of methoxy groups -OCH3 is 1. The monoisotopic (exact) mass is 334 g/mol. The lowest BCUT2D eigenvalue weighted by atomic mass is 10.1. The Morgan fingerprint density at radius 3 is 2.33 bits per heavy atom. The summed E-state index contributed by atoms with van der Waals surface area (Å²) in [6, 6.07) is 10.1. The summed E-state index contributed by atoms with van der Waals surface area (Å²) in [5, 5.41) is 4.66. The number of anilines is 1. The van der Waals surface area contributed by atoms with Crippen molar-refractivity contribution >= 4 is 17.5 Å². The van der Waals surface area contributed by atoms with E-state index in [2.05, 4.69) is 10.6 Å². The number of benzene rings is 2. The first-order valence-corrected chi connectivity index (χ1v) is 7.17. The van der Waals surface area contributed by atoms with Gasteiger partial charge in [-0.2, -0.15) is 0 Å². The van der Waals surface area contributed by atoms with Crippen LogP contribution in [0, 0.1) is 11.6 Å². The van der Waals surface area contributed by atoms with Gasteiger partial charge in [-0.3, -0.25) is 9.59 Å². The van der Waals surface area contributed by atoms with Crippen LogP contribution < -0.4 is 15.4 Å². The molecule has 0 aromatic heterocycles. The molecule has 2 amide bonds. The summed E-state index contributed by atoms with van der Waals surface area (Å²) in [5.41, 5.74) is 0.973. The van der Waals surface area contributed by atoms with E-state index in [1.54, 1.807) is 19.2 Å². The molecule has 0 radical (unpaired) electrons. The average Bonchev–Trinajstić information content (AvgIpc) is 2.58. The maximum Gasteiger partial charge on any atom is 0.313 e. The van der Waals surface area contributed by atoms with Crippen molar-refractivity contribution in [2.24, 2.45) is 0 Å². The highest BCUT2D eigenvalue weighted by Gasteiger charge is 2.14. The van der Waals surface area contributed by atoms with Crippen molar-refractivity contribution in [1.82, 2.24) is 5.32 Å².